The van der Waals surface area contributed by atoms with Crippen molar-refractivity contribution >= 4 is 45.8 Å². The average Bonchev–Trinajstić information content (AvgIpc) is 2.28. The van der Waals surface area contributed by atoms with Gasteiger partial charge in [0, 0.05) is 17.1 Å². The van der Waals surface area contributed by atoms with Crippen molar-refractivity contribution in [3.05, 3.63) is 33.3 Å². The first-order valence-electron chi connectivity index (χ1n) is 4.95. The Bertz CT molecular complexity index is 388. The first kappa shape index (κ1) is 16.7. The molecular formula is C11H15BrCl2N2O. The third-order valence-electron chi connectivity index (χ3n) is 2.23. The third kappa shape index (κ3) is 5.25. The van der Waals surface area contributed by atoms with Gasteiger partial charge in [-0.05, 0) is 32.2 Å². The number of benzene rings is 1. The van der Waals surface area contributed by atoms with E-state index in [1.807, 2.05) is 14.0 Å². The van der Waals surface area contributed by atoms with Crippen molar-refractivity contribution in [1.82, 2.24) is 10.6 Å². The highest BCUT2D eigenvalue weighted by Gasteiger charge is 2.11. The van der Waals surface area contributed by atoms with Gasteiger partial charge in [-0.2, -0.15) is 0 Å². The van der Waals surface area contributed by atoms with Gasteiger partial charge in [0.25, 0.3) is 5.91 Å². The summed E-state index contributed by atoms with van der Waals surface area (Å²) in [6, 6.07) is 5.44. The molecule has 1 amide bonds. The lowest BCUT2D eigenvalue weighted by atomic mass is 10.2. The molecular weight excluding hydrogens is 327 g/mol. The summed E-state index contributed by atoms with van der Waals surface area (Å²) in [5.74, 6) is -0.159. The van der Waals surface area contributed by atoms with Crippen molar-refractivity contribution in [2.24, 2.45) is 0 Å². The molecule has 0 spiro atoms. The van der Waals surface area contributed by atoms with E-state index in [0.29, 0.717) is 17.1 Å². The van der Waals surface area contributed by atoms with Gasteiger partial charge < -0.3 is 10.6 Å². The summed E-state index contributed by atoms with van der Waals surface area (Å²) in [6.07, 6.45) is 0. The number of likely N-dealkylation sites (N-methyl/N-ethyl adjacent to an activating group) is 1. The van der Waals surface area contributed by atoms with Crippen molar-refractivity contribution in [2.75, 3.05) is 13.6 Å². The summed E-state index contributed by atoms with van der Waals surface area (Å²) in [4.78, 5) is 11.8. The highest BCUT2D eigenvalue weighted by Crippen LogP contribution is 2.20. The van der Waals surface area contributed by atoms with E-state index >= 15 is 0 Å². The maximum Gasteiger partial charge on any atom is 0.252 e. The van der Waals surface area contributed by atoms with Crippen LogP contribution in [0.2, 0.25) is 5.02 Å². The van der Waals surface area contributed by atoms with Crippen molar-refractivity contribution in [1.29, 1.82) is 0 Å². The summed E-state index contributed by atoms with van der Waals surface area (Å²) in [7, 11) is 1.85. The van der Waals surface area contributed by atoms with Crippen molar-refractivity contribution in [2.45, 2.75) is 13.0 Å². The molecule has 0 saturated carbocycles. The van der Waals surface area contributed by atoms with Crippen LogP contribution in [0.25, 0.3) is 0 Å². The number of hydrogen-bond donors (Lipinski definition) is 2. The second-order valence-corrected chi connectivity index (χ2v) is 4.85. The van der Waals surface area contributed by atoms with Gasteiger partial charge >= 0.3 is 0 Å². The topological polar surface area (TPSA) is 41.1 Å². The van der Waals surface area contributed by atoms with Gasteiger partial charge in [-0.1, -0.05) is 27.5 Å². The van der Waals surface area contributed by atoms with Gasteiger partial charge in [0.15, 0.2) is 0 Å². The summed E-state index contributed by atoms with van der Waals surface area (Å²) in [5.41, 5.74) is 0.486. The van der Waals surface area contributed by atoms with E-state index in [0.717, 1.165) is 4.47 Å². The summed E-state index contributed by atoms with van der Waals surface area (Å²) < 4.78 is 0.837. The van der Waals surface area contributed by atoms with Crippen LogP contribution in [0.5, 0.6) is 0 Å². The van der Waals surface area contributed by atoms with E-state index in [4.69, 9.17) is 11.6 Å². The Morgan fingerprint density at radius 1 is 1.53 bits per heavy atom. The van der Waals surface area contributed by atoms with Crippen LogP contribution < -0.4 is 10.6 Å². The van der Waals surface area contributed by atoms with Gasteiger partial charge in [-0.15, -0.1) is 12.4 Å². The maximum atomic E-state index is 11.8. The highest BCUT2D eigenvalue weighted by atomic mass is 79.9. The third-order valence-corrected chi connectivity index (χ3v) is 3.06. The zero-order chi connectivity index (χ0) is 12.1. The van der Waals surface area contributed by atoms with E-state index in [1.54, 1.807) is 18.2 Å². The van der Waals surface area contributed by atoms with E-state index in [1.165, 1.54) is 0 Å². The number of rotatable bonds is 4. The molecule has 1 atom stereocenters. The van der Waals surface area contributed by atoms with Crippen LogP contribution in [-0.2, 0) is 0 Å². The van der Waals surface area contributed by atoms with Gasteiger partial charge in [0.1, 0.15) is 0 Å². The van der Waals surface area contributed by atoms with E-state index in [-0.39, 0.29) is 24.4 Å². The minimum Gasteiger partial charge on any atom is -0.350 e. The lowest BCUT2D eigenvalue weighted by molar-refractivity contribution is 0.0950. The Balaban J connectivity index is 0.00000256. The molecule has 0 fully saturated rings. The molecule has 1 aromatic rings. The van der Waals surface area contributed by atoms with Gasteiger partial charge in [0.2, 0.25) is 0 Å². The number of hydrogen-bond acceptors (Lipinski definition) is 2. The zero-order valence-electron chi connectivity index (χ0n) is 9.59. The second-order valence-electron chi connectivity index (χ2n) is 3.52. The smallest absolute Gasteiger partial charge is 0.252 e. The SMILES string of the molecule is CNC(C)CNC(=O)c1cc(Br)ccc1Cl.Cl. The van der Waals surface area contributed by atoms with Gasteiger partial charge in [-0.25, -0.2) is 0 Å². The van der Waals surface area contributed by atoms with E-state index in [2.05, 4.69) is 26.6 Å². The molecule has 17 heavy (non-hydrogen) atoms. The molecule has 0 aliphatic rings. The number of carbonyl (C=O) groups is 1. The van der Waals surface area contributed by atoms with Crippen LogP contribution in [0.4, 0.5) is 0 Å². The normalized spacial score (nSPS) is 11.5. The molecule has 0 radical (unpaired) electrons. The fourth-order valence-corrected chi connectivity index (χ4v) is 1.68. The predicted molar refractivity (Wildman–Crippen MR) is 77.3 cm³/mol. The maximum absolute atomic E-state index is 11.8. The van der Waals surface area contributed by atoms with Crippen LogP contribution in [0.3, 0.4) is 0 Å². The molecule has 0 bridgehead atoms. The number of amides is 1. The molecule has 1 unspecified atom stereocenters. The monoisotopic (exact) mass is 340 g/mol. The highest BCUT2D eigenvalue weighted by molar-refractivity contribution is 9.10. The second kappa shape index (κ2) is 7.93. The number of nitrogens with one attached hydrogen (secondary N) is 2. The van der Waals surface area contributed by atoms with E-state index in [9.17, 15) is 4.79 Å². The molecule has 0 aliphatic carbocycles. The van der Waals surface area contributed by atoms with Crippen LogP contribution in [0.1, 0.15) is 17.3 Å². The predicted octanol–water partition coefficient (Wildman–Crippen LogP) is 2.86. The summed E-state index contributed by atoms with van der Waals surface area (Å²) in [5, 5.41) is 6.31. The first-order valence-corrected chi connectivity index (χ1v) is 6.12. The Kier molecular flexibility index (Phi) is 7.79. The van der Waals surface area contributed by atoms with Crippen LogP contribution in [-0.4, -0.2) is 25.5 Å². The molecule has 3 nitrogen and oxygen atoms in total. The lowest BCUT2D eigenvalue weighted by Crippen LogP contribution is -2.37. The fourth-order valence-electron chi connectivity index (χ4n) is 1.11. The Morgan fingerprint density at radius 2 is 2.18 bits per heavy atom. The van der Waals surface area contributed by atoms with E-state index < -0.39 is 0 Å². The molecule has 0 aromatic heterocycles. The Morgan fingerprint density at radius 3 is 2.76 bits per heavy atom. The zero-order valence-corrected chi connectivity index (χ0v) is 12.7. The molecule has 1 aromatic carbocycles. The minimum atomic E-state index is -0.159. The lowest BCUT2D eigenvalue weighted by Gasteiger charge is -2.12. The van der Waals surface area contributed by atoms with Gasteiger partial charge in [-0.3, -0.25) is 4.79 Å². The largest absolute Gasteiger partial charge is 0.350 e. The summed E-state index contributed by atoms with van der Waals surface area (Å²) in [6.45, 7) is 2.56. The number of carbonyl (C=O) groups excluding carboxylic acids is 1. The molecule has 6 heteroatoms. The fraction of sp³-hybridized carbons (Fsp3) is 0.364. The quantitative estimate of drug-likeness (QED) is 0.884. The van der Waals surface area contributed by atoms with Crippen LogP contribution in [0.15, 0.2) is 22.7 Å². The molecule has 0 aliphatic heterocycles. The Labute approximate surface area is 121 Å². The van der Waals surface area contributed by atoms with Crippen molar-refractivity contribution < 1.29 is 4.79 Å². The first-order chi connectivity index (χ1) is 7.54. The number of halogens is 3. The Hall–Kier alpha value is -0.290. The molecule has 1 rings (SSSR count). The average molecular weight is 342 g/mol. The van der Waals surface area contributed by atoms with Crippen molar-refractivity contribution in [3.8, 4) is 0 Å². The molecule has 0 saturated heterocycles. The summed E-state index contributed by atoms with van der Waals surface area (Å²) >= 11 is 9.25. The van der Waals surface area contributed by atoms with Gasteiger partial charge in [0.05, 0.1) is 10.6 Å². The molecule has 96 valence electrons. The standard InChI is InChI=1S/C11H14BrClN2O.ClH/c1-7(14-2)6-15-11(16)9-5-8(12)3-4-10(9)13;/h3-5,7,14H,6H2,1-2H3,(H,15,16);1H. The van der Waals surface area contributed by atoms with Crippen LogP contribution in [0, 0.1) is 0 Å². The minimum absolute atomic E-state index is 0. The molecule has 0 heterocycles. The van der Waals surface area contributed by atoms with Crippen molar-refractivity contribution in [3.63, 3.8) is 0 Å². The molecule has 2 N–H and O–H groups in total. The van der Waals surface area contributed by atoms with Crippen LogP contribution >= 0.6 is 39.9 Å².